The summed E-state index contributed by atoms with van der Waals surface area (Å²) in [4.78, 5) is 37.9. The van der Waals surface area contributed by atoms with Crippen molar-refractivity contribution >= 4 is 51.5 Å². The number of hydrogen-bond acceptors (Lipinski definition) is 6. The second-order valence-electron chi connectivity index (χ2n) is 5.84. The fourth-order valence-corrected chi connectivity index (χ4v) is 4.69. The third-order valence-corrected chi connectivity index (χ3v) is 6.04. The van der Waals surface area contributed by atoms with Crippen LogP contribution in [0.1, 0.15) is 39.0 Å². The molecule has 0 aliphatic heterocycles. The Balaban J connectivity index is 1.63. The van der Waals surface area contributed by atoms with Gasteiger partial charge in [0.2, 0.25) is 0 Å². The summed E-state index contributed by atoms with van der Waals surface area (Å²) in [5, 5.41) is 5.01. The predicted octanol–water partition coefficient (Wildman–Crippen LogP) is 2.98. The van der Waals surface area contributed by atoms with Crippen LogP contribution in [0.3, 0.4) is 0 Å². The molecule has 2 heterocycles. The quantitative estimate of drug-likeness (QED) is 0.585. The van der Waals surface area contributed by atoms with Crippen molar-refractivity contribution in [3.63, 3.8) is 0 Å². The van der Waals surface area contributed by atoms with Gasteiger partial charge < -0.3 is 15.8 Å². The maximum Gasteiger partial charge on any atom is 0.331 e. The molecule has 2 aromatic heterocycles. The average molecular weight is 390 g/mol. The van der Waals surface area contributed by atoms with E-state index < -0.39 is 23.9 Å². The van der Waals surface area contributed by atoms with Gasteiger partial charge in [-0.25, -0.2) is 4.79 Å². The van der Waals surface area contributed by atoms with Crippen molar-refractivity contribution in [3.05, 3.63) is 44.5 Å². The van der Waals surface area contributed by atoms with Gasteiger partial charge in [-0.1, -0.05) is 6.07 Å². The smallest absolute Gasteiger partial charge is 0.331 e. The van der Waals surface area contributed by atoms with E-state index in [-0.39, 0.29) is 0 Å². The number of carbonyl (C=O) groups is 3. The number of rotatable bonds is 6. The lowest BCUT2D eigenvalue weighted by atomic mass is 10.1. The fraction of sp³-hybridized carbons (Fsp3) is 0.278. The number of amides is 2. The van der Waals surface area contributed by atoms with Gasteiger partial charge in [0.15, 0.2) is 6.10 Å². The van der Waals surface area contributed by atoms with Crippen LogP contribution in [0.4, 0.5) is 5.00 Å². The molecule has 3 N–H and O–H groups in total. The van der Waals surface area contributed by atoms with Crippen molar-refractivity contribution in [1.82, 2.24) is 0 Å². The van der Waals surface area contributed by atoms with Crippen LogP contribution in [0, 0.1) is 0 Å². The molecular formula is C18H18N2O4S2. The number of esters is 1. The van der Waals surface area contributed by atoms with E-state index in [2.05, 4.69) is 5.32 Å². The Kier molecular flexibility index (Phi) is 5.53. The minimum Gasteiger partial charge on any atom is -0.449 e. The van der Waals surface area contributed by atoms with Gasteiger partial charge in [0.1, 0.15) is 5.00 Å². The molecule has 0 unspecified atom stereocenters. The summed E-state index contributed by atoms with van der Waals surface area (Å²) in [7, 11) is 0. The van der Waals surface area contributed by atoms with E-state index in [0.717, 1.165) is 34.6 Å². The largest absolute Gasteiger partial charge is 0.449 e. The van der Waals surface area contributed by atoms with E-state index in [9.17, 15) is 14.4 Å². The number of nitrogens with two attached hydrogens (primary N) is 1. The number of carbonyl (C=O) groups excluding carboxylic acids is 3. The van der Waals surface area contributed by atoms with E-state index in [1.165, 1.54) is 35.7 Å². The first-order valence-corrected chi connectivity index (χ1v) is 9.82. The van der Waals surface area contributed by atoms with E-state index in [1.54, 1.807) is 6.08 Å². The molecule has 2 amide bonds. The van der Waals surface area contributed by atoms with Crippen LogP contribution in [0.15, 0.2) is 23.6 Å². The number of fused-ring (bicyclic) bond motifs is 1. The zero-order valence-electron chi connectivity index (χ0n) is 14.1. The first-order valence-electron chi connectivity index (χ1n) is 8.13. The van der Waals surface area contributed by atoms with Gasteiger partial charge in [0, 0.05) is 15.8 Å². The first kappa shape index (κ1) is 18.3. The maximum atomic E-state index is 12.3. The number of thiophene rings is 2. The summed E-state index contributed by atoms with van der Waals surface area (Å²) in [5.74, 6) is -1.65. The van der Waals surface area contributed by atoms with Gasteiger partial charge in [-0.2, -0.15) is 0 Å². The SMILES string of the molecule is C[C@@H](OC(=O)/C=C/c1cccs1)C(=O)Nc1sc2c(c1C(N)=O)CCC2. The highest BCUT2D eigenvalue weighted by molar-refractivity contribution is 7.17. The molecule has 26 heavy (non-hydrogen) atoms. The van der Waals surface area contributed by atoms with Crippen LogP contribution < -0.4 is 11.1 Å². The van der Waals surface area contributed by atoms with Gasteiger partial charge in [-0.3, -0.25) is 9.59 Å². The lowest BCUT2D eigenvalue weighted by molar-refractivity contribution is -0.148. The zero-order valence-corrected chi connectivity index (χ0v) is 15.7. The van der Waals surface area contributed by atoms with Crippen molar-refractivity contribution in [2.75, 3.05) is 5.32 Å². The summed E-state index contributed by atoms with van der Waals surface area (Å²) in [6, 6.07) is 3.74. The van der Waals surface area contributed by atoms with E-state index in [0.29, 0.717) is 10.6 Å². The number of ether oxygens (including phenoxy) is 1. The standard InChI is InChI=1S/C18H18N2O4S2/c1-10(24-14(21)8-7-11-4-3-9-25-11)17(23)20-18-15(16(19)22)12-5-2-6-13(12)26-18/h3-4,7-10H,2,5-6H2,1H3,(H2,19,22)(H,20,23)/b8-7+/t10-/m1/s1. The van der Waals surface area contributed by atoms with Crippen molar-refractivity contribution in [3.8, 4) is 0 Å². The number of anilines is 1. The van der Waals surface area contributed by atoms with Crippen molar-refractivity contribution in [1.29, 1.82) is 0 Å². The second kappa shape index (κ2) is 7.84. The molecule has 0 aromatic carbocycles. The highest BCUT2D eigenvalue weighted by Crippen LogP contribution is 2.38. The number of nitrogens with one attached hydrogen (secondary N) is 1. The van der Waals surface area contributed by atoms with Gasteiger partial charge >= 0.3 is 5.97 Å². The van der Waals surface area contributed by atoms with Gasteiger partial charge in [0.25, 0.3) is 11.8 Å². The molecule has 3 rings (SSSR count). The Hall–Kier alpha value is -2.45. The summed E-state index contributed by atoms with van der Waals surface area (Å²) in [6.45, 7) is 1.48. The highest BCUT2D eigenvalue weighted by Gasteiger charge is 2.27. The molecule has 0 bridgehead atoms. The van der Waals surface area contributed by atoms with Gasteiger partial charge in [-0.15, -0.1) is 22.7 Å². The van der Waals surface area contributed by atoms with Crippen LogP contribution in [0.25, 0.3) is 6.08 Å². The lowest BCUT2D eigenvalue weighted by Crippen LogP contribution is -2.30. The molecule has 2 aromatic rings. The zero-order chi connectivity index (χ0) is 18.7. The first-order chi connectivity index (χ1) is 12.5. The molecule has 0 fully saturated rings. The van der Waals surface area contributed by atoms with E-state index in [1.807, 2.05) is 17.5 Å². The molecule has 0 spiro atoms. The van der Waals surface area contributed by atoms with Crippen LogP contribution in [-0.4, -0.2) is 23.9 Å². The molecule has 6 nitrogen and oxygen atoms in total. The summed E-state index contributed by atoms with van der Waals surface area (Å²) in [6.07, 6.45) is 4.58. The van der Waals surface area contributed by atoms with E-state index >= 15 is 0 Å². The Bertz CT molecular complexity index is 868. The highest BCUT2D eigenvalue weighted by atomic mass is 32.1. The molecule has 1 atom stereocenters. The predicted molar refractivity (Wildman–Crippen MR) is 102 cm³/mol. The molecule has 136 valence electrons. The minimum absolute atomic E-state index is 0.381. The Morgan fingerprint density at radius 3 is 2.85 bits per heavy atom. The molecular weight excluding hydrogens is 372 g/mol. The Morgan fingerprint density at radius 1 is 1.35 bits per heavy atom. The maximum absolute atomic E-state index is 12.3. The number of primary amides is 1. The monoisotopic (exact) mass is 390 g/mol. The Morgan fingerprint density at radius 2 is 2.15 bits per heavy atom. The molecule has 0 saturated heterocycles. The summed E-state index contributed by atoms with van der Waals surface area (Å²) >= 11 is 2.86. The Labute approximate surface area is 158 Å². The lowest BCUT2D eigenvalue weighted by Gasteiger charge is -2.12. The summed E-state index contributed by atoms with van der Waals surface area (Å²) < 4.78 is 5.12. The van der Waals surface area contributed by atoms with Gasteiger partial charge in [0.05, 0.1) is 5.56 Å². The van der Waals surface area contributed by atoms with Crippen molar-refractivity contribution < 1.29 is 19.1 Å². The number of hydrogen-bond donors (Lipinski definition) is 2. The topological polar surface area (TPSA) is 98.5 Å². The molecule has 0 radical (unpaired) electrons. The summed E-state index contributed by atoms with van der Waals surface area (Å²) in [5.41, 5.74) is 6.79. The minimum atomic E-state index is -0.992. The third-order valence-electron chi connectivity index (χ3n) is 3.99. The van der Waals surface area contributed by atoms with Gasteiger partial charge in [-0.05, 0) is 49.3 Å². The third kappa shape index (κ3) is 4.03. The van der Waals surface area contributed by atoms with E-state index in [4.69, 9.17) is 10.5 Å². The van der Waals surface area contributed by atoms with Crippen LogP contribution >= 0.6 is 22.7 Å². The van der Waals surface area contributed by atoms with Crippen LogP contribution in [0.2, 0.25) is 0 Å². The second-order valence-corrected chi connectivity index (χ2v) is 7.93. The molecule has 8 heteroatoms. The van der Waals surface area contributed by atoms with Crippen LogP contribution in [-0.2, 0) is 27.2 Å². The molecule has 0 saturated carbocycles. The fourth-order valence-electron chi connectivity index (χ4n) is 2.77. The molecule has 1 aliphatic carbocycles. The average Bonchev–Trinajstić information content (AvgIpc) is 3.29. The van der Waals surface area contributed by atoms with Crippen molar-refractivity contribution in [2.24, 2.45) is 5.73 Å². The molecule has 1 aliphatic rings. The van der Waals surface area contributed by atoms with Crippen molar-refractivity contribution in [2.45, 2.75) is 32.3 Å². The normalized spacial score (nSPS) is 14.2. The van der Waals surface area contributed by atoms with Crippen LogP contribution in [0.5, 0.6) is 0 Å². The number of aryl methyl sites for hydroxylation is 1.